The van der Waals surface area contributed by atoms with Crippen molar-refractivity contribution in [3.05, 3.63) is 94.5 Å². The van der Waals surface area contributed by atoms with Gasteiger partial charge in [-0.25, -0.2) is 9.59 Å². The minimum atomic E-state index is -1.23. The lowest BCUT2D eigenvalue weighted by molar-refractivity contribution is -0.150. The fourth-order valence-electron chi connectivity index (χ4n) is 5.59. The predicted molar refractivity (Wildman–Crippen MR) is 187 cm³/mol. The Morgan fingerprint density at radius 3 is 2.35 bits per heavy atom. The van der Waals surface area contributed by atoms with Crippen molar-refractivity contribution in [3.63, 3.8) is 0 Å². The number of esters is 2. The van der Waals surface area contributed by atoms with Gasteiger partial charge in [0.15, 0.2) is 12.4 Å². The third-order valence-corrected chi connectivity index (χ3v) is 8.21. The summed E-state index contributed by atoms with van der Waals surface area (Å²) in [5, 5.41) is 9.10. The number of benzene rings is 3. The first kappa shape index (κ1) is 37.0. The van der Waals surface area contributed by atoms with Crippen LogP contribution in [0.25, 0.3) is 11.4 Å². The average molecular weight is 714 g/mol. The normalized spacial score (nSPS) is 13.3. The summed E-state index contributed by atoms with van der Waals surface area (Å²) in [6.45, 7) is 3.51. The summed E-state index contributed by atoms with van der Waals surface area (Å²) in [6, 6.07) is 20.1. The van der Waals surface area contributed by atoms with E-state index < -0.39 is 41.5 Å². The second-order valence-corrected chi connectivity index (χ2v) is 11.8. The molecular formula is C37H39N5O10. The van der Waals surface area contributed by atoms with E-state index in [9.17, 15) is 28.8 Å². The van der Waals surface area contributed by atoms with Gasteiger partial charge in [-0.2, -0.15) is 0 Å². The van der Waals surface area contributed by atoms with Gasteiger partial charge in [-0.15, -0.1) is 0 Å². The van der Waals surface area contributed by atoms with Crippen molar-refractivity contribution < 1.29 is 42.7 Å². The van der Waals surface area contributed by atoms with Crippen LogP contribution in [0.15, 0.2) is 82.1 Å². The van der Waals surface area contributed by atoms with Gasteiger partial charge in [0.25, 0.3) is 5.91 Å². The van der Waals surface area contributed by atoms with Crippen molar-refractivity contribution in [2.45, 2.75) is 52.1 Å². The molecule has 1 aliphatic rings. The van der Waals surface area contributed by atoms with Crippen LogP contribution in [0.4, 0.5) is 11.4 Å². The maximum atomic E-state index is 13.8. The van der Waals surface area contributed by atoms with Crippen LogP contribution in [0, 0.1) is 5.92 Å². The lowest BCUT2D eigenvalue weighted by Gasteiger charge is -2.30. The molecule has 272 valence electrons. The van der Waals surface area contributed by atoms with Crippen LogP contribution in [0.3, 0.4) is 0 Å². The number of aromatic nitrogens is 2. The summed E-state index contributed by atoms with van der Waals surface area (Å²) < 4.78 is 20.4. The average Bonchev–Trinajstić information content (AvgIpc) is 3.58. The maximum absolute atomic E-state index is 13.8. The predicted octanol–water partition coefficient (Wildman–Crippen LogP) is 3.53. The van der Waals surface area contributed by atoms with Crippen LogP contribution in [0.2, 0.25) is 0 Å². The number of hydrogen-bond acceptors (Lipinski definition) is 11. The number of nitrogens with zero attached hydrogens (tertiary/aromatic N) is 2. The second-order valence-electron chi connectivity index (χ2n) is 11.8. The number of anilines is 2. The second kappa shape index (κ2) is 17.6. The minimum Gasteiger partial charge on any atom is -0.481 e. The van der Waals surface area contributed by atoms with Gasteiger partial charge in [0.05, 0.1) is 25.4 Å². The van der Waals surface area contributed by atoms with Gasteiger partial charge in [0.2, 0.25) is 11.8 Å². The van der Waals surface area contributed by atoms with Crippen LogP contribution in [0.5, 0.6) is 5.75 Å². The quantitative estimate of drug-likeness (QED) is 0.113. The van der Waals surface area contributed by atoms with Gasteiger partial charge >= 0.3 is 17.7 Å². The molecule has 0 fully saturated rings. The van der Waals surface area contributed by atoms with Crippen molar-refractivity contribution in [1.29, 1.82) is 0 Å². The molecule has 0 saturated carbocycles. The summed E-state index contributed by atoms with van der Waals surface area (Å²) in [6.07, 6.45) is 0.301. The largest absolute Gasteiger partial charge is 0.481 e. The number of aromatic amines is 1. The number of fused-ring (bicyclic) bond motifs is 1. The fourth-order valence-corrected chi connectivity index (χ4v) is 5.59. The zero-order valence-corrected chi connectivity index (χ0v) is 28.7. The first-order valence-electron chi connectivity index (χ1n) is 16.8. The van der Waals surface area contributed by atoms with Crippen LogP contribution >= 0.6 is 0 Å². The zero-order valence-electron chi connectivity index (χ0n) is 28.7. The van der Waals surface area contributed by atoms with Gasteiger partial charge in [-0.1, -0.05) is 59.8 Å². The molecular weight excluding hydrogens is 674 g/mol. The summed E-state index contributed by atoms with van der Waals surface area (Å²) in [7, 11) is 0. The molecule has 1 aromatic heterocycles. The van der Waals surface area contributed by atoms with E-state index in [2.05, 4.69) is 25.3 Å². The topological polar surface area (TPSA) is 199 Å². The molecule has 3 aromatic carbocycles. The Hall–Kier alpha value is -6.25. The molecule has 3 N–H and O–H groups in total. The number of amides is 3. The molecule has 15 heteroatoms. The summed E-state index contributed by atoms with van der Waals surface area (Å²) in [4.78, 5) is 80.5. The lowest BCUT2D eigenvalue weighted by atomic mass is 9.96. The number of rotatable bonds is 16. The third-order valence-electron chi connectivity index (χ3n) is 8.21. The molecule has 2 atom stereocenters. The highest BCUT2D eigenvalue weighted by atomic mass is 16.5. The maximum Gasteiger partial charge on any atom is 0.439 e. The first-order chi connectivity index (χ1) is 25.1. The monoisotopic (exact) mass is 713 g/mol. The molecule has 52 heavy (non-hydrogen) atoms. The van der Waals surface area contributed by atoms with E-state index in [0.717, 1.165) is 11.1 Å². The van der Waals surface area contributed by atoms with Crippen molar-refractivity contribution in [3.8, 4) is 17.1 Å². The Kier molecular flexibility index (Phi) is 12.5. The Morgan fingerprint density at radius 2 is 1.65 bits per heavy atom. The number of carbonyl (C=O) groups excluding carboxylic acids is 5. The van der Waals surface area contributed by atoms with E-state index in [4.69, 9.17) is 14.2 Å². The number of H-pyrrole nitrogens is 1. The van der Waals surface area contributed by atoms with Crippen molar-refractivity contribution in [2.75, 3.05) is 30.0 Å². The Morgan fingerprint density at radius 1 is 0.904 bits per heavy atom. The van der Waals surface area contributed by atoms with Crippen molar-refractivity contribution in [1.82, 2.24) is 15.5 Å². The molecule has 4 aromatic rings. The van der Waals surface area contributed by atoms with Crippen LogP contribution in [0.1, 0.15) is 44.2 Å². The van der Waals surface area contributed by atoms with E-state index in [-0.39, 0.29) is 57.4 Å². The summed E-state index contributed by atoms with van der Waals surface area (Å²) >= 11 is 0. The third kappa shape index (κ3) is 9.71. The minimum absolute atomic E-state index is 0.0606. The zero-order chi connectivity index (χ0) is 37.0. The van der Waals surface area contributed by atoms with E-state index in [0.29, 0.717) is 29.1 Å². The molecule has 0 bridgehead atoms. The lowest BCUT2D eigenvalue weighted by Crippen LogP contribution is -2.47. The smallest absolute Gasteiger partial charge is 0.439 e. The van der Waals surface area contributed by atoms with Gasteiger partial charge in [0, 0.05) is 23.7 Å². The summed E-state index contributed by atoms with van der Waals surface area (Å²) in [5.41, 5.74) is 3.14. The van der Waals surface area contributed by atoms with Crippen molar-refractivity contribution in [2.24, 2.45) is 5.92 Å². The molecule has 0 spiro atoms. The van der Waals surface area contributed by atoms with Gasteiger partial charge < -0.3 is 29.7 Å². The van der Waals surface area contributed by atoms with Crippen LogP contribution in [-0.2, 0) is 46.4 Å². The molecule has 2 heterocycles. The van der Waals surface area contributed by atoms with Crippen molar-refractivity contribution >= 4 is 41.0 Å². The van der Waals surface area contributed by atoms with Crippen LogP contribution < -0.4 is 26.0 Å². The van der Waals surface area contributed by atoms with Gasteiger partial charge in [0.1, 0.15) is 17.7 Å². The number of carbonyl (C=O) groups is 5. The molecule has 0 radical (unpaired) electrons. The first-order valence-corrected chi connectivity index (χ1v) is 16.8. The number of hydrogen-bond donors (Lipinski definition) is 3. The summed E-state index contributed by atoms with van der Waals surface area (Å²) in [5.74, 6) is -4.12. The molecule has 0 aliphatic carbocycles. The SMILES string of the molecule is CCOC(=O)CC[C@H](NC(=O)C(CCc1ccccc1)C(=O)Nc1ccc2c(c1)OCC(=O)N2Cc1ccc(-c2noc(=O)[nH]2)cc1)C(=O)OCC. The number of nitrogens with one attached hydrogen (secondary N) is 3. The number of ether oxygens (including phenoxy) is 3. The molecule has 5 rings (SSSR count). The van der Waals surface area contributed by atoms with E-state index in [1.807, 2.05) is 30.3 Å². The molecule has 15 nitrogen and oxygen atoms in total. The standard InChI is InChI=1S/C37H39N5O10/c1-3-49-32(44)19-17-28(36(47)50-4-2)39-35(46)27(16-12-23-8-6-5-7-9-23)34(45)38-26-15-18-29-30(20-26)51-22-31(43)42(29)21-24-10-13-25(14-11-24)33-40-37(48)52-41-33/h5-11,13-15,18,20,27-28H,3-4,12,16-17,19,21-22H2,1-2H3,(H,38,45)(H,39,46)(H,40,41,48)/t27?,28-/m0/s1. The number of aryl methyl sites for hydroxylation is 1. The Bertz CT molecular complexity index is 1940. The van der Waals surface area contributed by atoms with Gasteiger partial charge in [-0.3, -0.25) is 28.7 Å². The van der Waals surface area contributed by atoms with E-state index in [1.54, 1.807) is 61.2 Å². The molecule has 0 saturated heterocycles. The molecule has 3 amide bonds. The van der Waals surface area contributed by atoms with E-state index >= 15 is 0 Å². The van der Waals surface area contributed by atoms with Crippen LogP contribution in [-0.4, -0.2) is 65.7 Å². The fraction of sp³-hybridized carbons (Fsp3) is 0.324. The molecule has 1 unspecified atom stereocenters. The highest BCUT2D eigenvalue weighted by Crippen LogP contribution is 2.36. The highest BCUT2D eigenvalue weighted by Gasteiger charge is 2.32. The highest BCUT2D eigenvalue weighted by molar-refractivity contribution is 6.07. The Labute approximate surface area is 298 Å². The van der Waals surface area contributed by atoms with Gasteiger partial charge in [-0.05, 0) is 56.4 Å². The molecule has 1 aliphatic heterocycles. The van der Waals surface area contributed by atoms with E-state index in [1.165, 1.54) is 0 Å². The Balaban J connectivity index is 1.31.